The van der Waals surface area contributed by atoms with Crippen LogP contribution >= 0.6 is 0 Å². The molecule has 3 aromatic carbocycles. The minimum atomic E-state index is -0.0252. The summed E-state index contributed by atoms with van der Waals surface area (Å²) in [6.45, 7) is 3.42. The molecule has 1 fully saturated rings. The Morgan fingerprint density at radius 3 is 2.34 bits per heavy atom. The molecular formula is C30H32N4O. The van der Waals surface area contributed by atoms with Crippen molar-refractivity contribution in [3.8, 4) is 0 Å². The first-order valence-corrected chi connectivity index (χ1v) is 12.6. The summed E-state index contributed by atoms with van der Waals surface area (Å²) in [7, 11) is 0. The van der Waals surface area contributed by atoms with E-state index in [2.05, 4.69) is 46.6 Å². The number of benzene rings is 3. The van der Waals surface area contributed by atoms with Crippen LogP contribution in [0.25, 0.3) is 10.9 Å². The number of aromatic nitrogens is 2. The smallest absolute Gasteiger partial charge is 0.222 e. The molecule has 4 aromatic rings. The van der Waals surface area contributed by atoms with Crippen LogP contribution in [-0.4, -0.2) is 29.0 Å². The van der Waals surface area contributed by atoms with Crippen LogP contribution in [0.3, 0.4) is 0 Å². The summed E-state index contributed by atoms with van der Waals surface area (Å²) >= 11 is 0. The molecule has 0 spiro atoms. The van der Waals surface area contributed by atoms with E-state index in [1.807, 2.05) is 55.5 Å². The van der Waals surface area contributed by atoms with Crippen molar-refractivity contribution >= 4 is 22.6 Å². The maximum atomic E-state index is 12.9. The largest absolute Gasteiger partial charge is 0.355 e. The van der Waals surface area contributed by atoms with E-state index >= 15 is 0 Å². The maximum Gasteiger partial charge on any atom is 0.222 e. The van der Waals surface area contributed by atoms with Gasteiger partial charge in [0.25, 0.3) is 0 Å². The lowest BCUT2D eigenvalue weighted by molar-refractivity contribution is -0.121. The average molecular weight is 465 g/mol. The Morgan fingerprint density at radius 2 is 1.60 bits per heavy atom. The molecule has 1 aliphatic rings. The first-order valence-electron chi connectivity index (χ1n) is 12.6. The normalized spacial score (nSPS) is 14.0. The van der Waals surface area contributed by atoms with Gasteiger partial charge in [-0.15, -0.1) is 0 Å². The highest BCUT2D eigenvalue weighted by molar-refractivity contribution is 5.90. The minimum Gasteiger partial charge on any atom is -0.355 e. The maximum absolute atomic E-state index is 12.9. The van der Waals surface area contributed by atoms with Crippen LogP contribution in [0.1, 0.15) is 55.1 Å². The molecule has 1 N–H and O–H groups in total. The number of anilines is 1. The summed E-state index contributed by atoms with van der Waals surface area (Å²) in [5, 5.41) is 4.20. The number of carbonyl (C=O) groups excluding carboxylic acids is 1. The van der Waals surface area contributed by atoms with Gasteiger partial charge in [0.1, 0.15) is 11.6 Å². The Morgan fingerprint density at radius 1 is 0.914 bits per heavy atom. The van der Waals surface area contributed by atoms with Crippen molar-refractivity contribution in [2.75, 3.05) is 18.0 Å². The van der Waals surface area contributed by atoms with Gasteiger partial charge in [-0.1, -0.05) is 72.8 Å². The van der Waals surface area contributed by atoms with E-state index < -0.39 is 0 Å². The molecule has 0 radical (unpaired) electrons. The number of rotatable bonds is 10. The topological polar surface area (TPSA) is 58.1 Å². The van der Waals surface area contributed by atoms with Gasteiger partial charge in [-0.2, -0.15) is 0 Å². The van der Waals surface area contributed by atoms with E-state index in [4.69, 9.17) is 9.97 Å². The number of nitrogens with one attached hydrogen (secondary N) is 1. The standard InChI is InChI=1S/C30H32N4O/c1-22(24-12-6-3-7-13-24)31-28(35)19-21-34(20-18-23-10-4-2-5-11-23)30-26-14-8-9-15-27(26)32-29(33-30)25-16-17-25/h2-15,22,25H,16-21H2,1H3,(H,31,35)/t22-/m0/s1. The van der Waals surface area contributed by atoms with Crippen molar-refractivity contribution in [3.05, 3.63) is 102 Å². The first kappa shape index (κ1) is 23.0. The van der Waals surface area contributed by atoms with Crippen molar-refractivity contribution in [2.24, 2.45) is 0 Å². The number of amides is 1. The van der Waals surface area contributed by atoms with E-state index in [9.17, 15) is 4.79 Å². The van der Waals surface area contributed by atoms with E-state index in [0.717, 1.165) is 53.9 Å². The van der Waals surface area contributed by atoms with Crippen LogP contribution in [0.4, 0.5) is 5.82 Å². The lowest BCUT2D eigenvalue weighted by atomic mass is 10.1. The zero-order valence-electron chi connectivity index (χ0n) is 20.2. The van der Waals surface area contributed by atoms with E-state index in [1.165, 1.54) is 5.56 Å². The Kier molecular flexibility index (Phi) is 7.03. The molecule has 5 rings (SSSR count). The number of fused-ring (bicyclic) bond motifs is 1. The van der Waals surface area contributed by atoms with E-state index in [1.54, 1.807) is 0 Å². The molecule has 0 bridgehead atoms. The highest BCUT2D eigenvalue weighted by Gasteiger charge is 2.28. The lowest BCUT2D eigenvalue weighted by Crippen LogP contribution is -2.34. The molecule has 1 amide bonds. The van der Waals surface area contributed by atoms with Crippen LogP contribution in [0, 0.1) is 0 Å². The molecule has 0 saturated heterocycles. The van der Waals surface area contributed by atoms with Gasteiger partial charge >= 0.3 is 0 Å². The van der Waals surface area contributed by atoms with Crippen molar-refractivity contribution in [2.45, 2.75) is 44.6 Å². The number of hydrogen-bond acceptors (Lipinski definition) is 4. The van der Waals surface area contributed by atoms with Crippen LogP contribution < -0.4 is 10.2 Å². The molecule has 178 valence electrons. The van der Waals surface area contributed by atoms with Crippen molar-refractivity contribution in [1.29, 1.82) is 0 Å². The van der Waals surface area contributed by atoms with Gasteiger partial charge in [0.15, 0.2) is 0 Å². The highest BCUT2D eigenvalue weighted by Crippen LogP contribution is 2.40. The van der Waals surface area contributed by atoms with Gasteiger partial charge < -0.3 is 10.2 Å². The second kappa shape index (κ2) is 10.7. The third-order valence-electron chi connectivity index (χ3n) is 6.64. The van der Waals surface area contributed by atoms with Gasteiger partial charge in [-0.25, -0.2) is 9.97 Å². The molecule has 35 heavy (non-hydrogen) atoms. The Hall–Kier alpha value is -3.73. The van der Waals surface area contributed by atoms with E-state index in [-0.39, 0.29) is 11.9 Å². The molecule has 1 atom stereocenters. The summed E-state index contributed by atoms with van der Waals surface area (Å²) in [5.41, 5.74) is 3.37. The monoisotopic (exact) mass is 464 g/mol. The number of para-hydroxylation sites is 1. The summed E-state index contributed by atoms with van der Waals surface area (Å²) in [6.07, 6.45) is 3.60. The highest BCUT2D eigenvalue weighted by atomic mass is 16.1. The third kappa shape index (κ3) is 5.86. The Labute approximate surface area is 207 Å². The molecule has 5 nitrogen and oxygen atoms in total. The molecule has 1 aromatic heterocycles. The lowest BCUT2D eigenvalue weighted by Gasteiger charge is -2.26. The predicted molar refractivity (Wildman–Crippen MR) is 141 cm³/mol. The minimum absolute atomic E-state index is 0.0252. The fourth-order valence-electron chi connectivity index (χ4n) is 4.45. The number of carbonyl (C=O) groups is 1. The quantitative estimate of drug-likeness (QED) is 0.321. The fourth-order valence-corrected chi connectivity index (χ4v) is 4.45. The molecule has 0 aliphatic heterocycles. The second-order valence-electron chi connectivity index (χ2n) is 9.37. The molecule has 5 heteroatoms. The second-order valence-corrected chi connectivity index (χ2v) is 9.37. The summed E-state index contributed by atoms with van der Waals surface area (Å²) in [4.78, 5) is 25.1. The zero-order chi connectivity index (χ0) is 24.0. The predicted octanol–water partition coefficient (Wildman–Crippen LogP) is 5.82. The van der Waals surface area contributed by atoms with Gasteiger partial charge in [-0.3, -0.25) is 4.79 Å². The van der Waals surface area contributed by atoms with E-state index in [0.29, 0.717) is 18.9 Å². The van der Waals surface area contributed by atoms with Crippen molar-refractivity contribution in [3.63, 3.8) is 0 Å². The first-order chi connectivity index (χ1) is 17.2. The van der Waals surface area contributed by atoms with Gasteiger partial charge in [0.2, 0.25) is 5.91 Å². The SMILES string of the molecule is C[C@H](NC(=O)CCN(CCc1ccccc1)c1nc(C2CC2)nc2ccccc12)c1ccccc1. The number of nitrogens with zero attached hydrogens (tertiary/aromatic N) is 3. The number of hydrogen-bond donors (Lipinski definition) is 1. The molecule has 1 heterocycles. The third-order valence-corrected chi connectivity index (χ3v) is 6.64. The Balaban J connectivity index is 1.37. The molecule has 1 saturated carbocycles. The summed E-state index contributed by atoms with van der Waals surface area (Å²) in [6, 6.07) is 28.8. The summed E-state index contributed by atoms with van der Waals surface area (Å²) in [5.74, 6) is 2.39. The summed E-state index contributed by atoms with van der Waals surface area (Å²) < 4.78 is 0. The average Bonchev–Trinajstić information content (AvgIpc) is 3.75. The van der Waals surface area contributed by atoms with Gasteiger partial charge in [0.05, 0.1) is 11.6 Å². The van der Waals surface area contributed by atoms with Crippen LogP contribution in [0.5, 0.6) is 0 Å². The molecule has 1 aliphatic carbocycles. The van der Waals surface area contributed by atoms with Crippen LogP contribution in [0.2, 0.25) is 0 Å². The van der Waals surface area contributed by atoms with Crippen molar-refractivity contribution in [1.82, 2.24) is 15.3 Å². The Bertz CT molecular complexity index is 1270. The molecular weight excluding hydrogens is 432 g/mol. The molecule has 0 unspecified atom stereocenters. The van der Waals surface area contributed by atoms with Crippen LogP contribution in [0.15, 0.2) is 84.9 Å². The van der Waals surface area contributed by atoms with Crippen molar-refractivity contribution < 1.29 is 4.79 Å². The zero-order valence-corrected chi connectivity index (χ0v) is 20.2. The van der Waals surface area contributed by atoms with Crippen LogP contribution in [-0.2, 0) is 11.2 Å². The van der Waals surface area contributed by atoms with Gasteiger partial charge in [0, 0.05) is 30.8 Å². The van der Waals surface area contributed by atoms with Gasteiger partial charge in [-0.05, 0) is 49.4 Å². The fraction of sp³-hybridized carbons (Fsp3) is 0.300.